The van der Waals surface area contributed by atoms with E-state index in [0.717, 1.165) is 17.1 Å². The molecule has 0 aliphatic heterocycles. The van der Waals surface area contributed by atoms with E-state index in [4.69, 9.17) is 11.6 Å². The summed E-state index contributed by atoms with van der Waals surface area (Å²) in [7, 11) is 1.89. The number of nitrogens with one attached hydrogen (secondary N) is 2. The summed E-state index contributed by atoms with van der Waals surface area (Å²) in [4.78, 5) is 12.0. The molecule has 0 bridgehead atoms. The Labute approximate surface area is 167 Å². The third-order valence-electron chi connectivity index (χ3n) is 3.88. The number of hydrogen-bond donors (Lipinski definition) is 2. The molecule has 2 aromatic carbocycles. The Hall–Kier alpha value is -2.51. The van der Waals surface area contributed by atoms with Gasteiger partial charge in [0.1, 0.15) is 0 Å². The SMILES string of the molecule is Cn1c(CNc2ccc(Cl)cc2)nnc1SCC(=O)NCc1ccccc1. The molecule has 0 aliphatic rings. The van der Waals surface area contributed by atoms with E-state index in [-0.39, 0.29) is 5.91 Å². The summed E-state index contributed by atoms with van der Waals surface area (Å²) in [6, 6.07) is 17.3. The van der Waals surface area contributed by atoms with Crippen LogP contribution in [-0.2, 0) is 24.9 Å². The molecule has 0 radical (unpaired) electrons. The Morgan fingerprint density at radius 3 is 2.56 bits per heavy atom. The van der Waals surface area contributed by atoms with Gasteiger partial charge in [0, 0.05) is 24.3 Å². The van der Waals surface area contributed by atoms with Crippen LogP contribution in [0.25, 0.3) is 0 Å². The zero-order valence-corrected chi connectivity index (χ0v) is 16.4. The van der Waals surface area contributed by atoms with Crippen LogP contribution in [0.1, 0.15) is 11.4 Å². The zero-order valence-electron chi connectivity index (χ0n) is 14.9. The summed E-state index contributed by atoms with van der Waals surface area (Å²) in [5.41, 5.74) is 2.03. The minimum Gasteiger partial charge on any atom is -0.378 e. The second kappa shape index (κ2) is 9.43. The van der Waals surface area contributed by atoms with Crippen LogP contribution in [-0.4, -0.2) is 26.4 Å². The van der Waals surface area contributed by atoms with E-state index in [1.165, 1.54) is 11.8 Å². The maximum absolute atomic E-state index is 12.0. The van der Waals surface area contributed by atoms with Crippen LogP contribution in [0.4, 0.5) is 5.69 Å². The van der Waals surface area contributed by atoms with Gasteiger partial charge in [-0.1, -0.05) is 53.7 Å². The molecule has 0 spiro atoms. The highest BCUT2D eigenvalue weighted by Gasteiger charge is 2.11. The molecule has 27 heavy (non-hydrogen) atoms. The van der Waals surface area contributed by atoms with E-state index in [0.29, 0.717) is 29.0 Å². The molecular formula is C19H20ClN5OS. The summed E-state index contributed by atoms with van der Waals surface area (Å²) in [5.74, 6) is 1.05. The summed E-state index contributed by atoms with van der Waals surface area (Å²) < 4.78 is 1.89. The molecule has 3 aromatic rings. The number of thioether (sulfide) groups is 1. The molecule has 1 amide bonds. The smallest absolute Gasteiger partial charge is 0.230 e. The van der Waals surface area contributed by atoms with Crippen molar-refractivity contribution in [1.82, 2.24) is 20.1 Å². The summed E-state index contributed by atoms with van der Waals surface area (Å²) in [6.07, 6.45) is 0. The van der Waals surface area contributed by atoms with Crippen molar-refractivity contribution in [3.05, 3.63) is 71.0 Å². The lowest BCUT2D eigenvalue weighted by atomic mass is 10.2. The molecule has 0 atom stereocenters. The first kappa shape index (κ1) is 19.3. The van der Waals surface area contributed by atoms with Crippen molar-refractivity contribution in [2.24, 2.45) is 7.05 Å². The molecule has 140 valence electrons. The lowest BCUT2D eigenvalue weighted by molar-refractivity contribution is -0.118. The number of rotatable bonds is 8. The van der Waals surface area contributed by atoms with Crippen LogP contribution in [0.3, 0.4) is 0 Å². The summed E-state index contributed by atoms with van der Waals surface area (Å²) >= 11 is 7.25. The van der Waals surface area contributed by atoms with Crippen LogP contribution in [0.2, 0.25) is 5.02 Å². The minimum atomic E-state index is -0.0345. The number of anilines is 1. The third kappa shape index (κ3) is 5.74. The van der Waals surface area contributed by atoms with Gasteiger partial charge in [-0.15, -0.1) is 10.2 Å². The monoisotopic (exact) mass is 401 g/mol. The molecule has 1 aromatic heterocycles. The number of hydrogen-bond acceptors (Lipinski definition) is 5. The van der Waals surface area contributed by atoms with E-state index in [9.17, 15) is 4.79 Å². The molecule has 8 heteroatoms. The quantitative estimate of drug-likeness (QED) is 0.565. The van der Waals surface area contributed by atoms with Gasteiger partial charge in [-0.3, -0.25) is 4.79 Å². The third-order valence-corrected chi connectivity index (χ3v) is 5.16. The van der Waals surface area contributed by atoms with Crippen LogP contribution in [0, 0.1) is 0 Å². The first-order valence-electron chi connectivity index (χ1n) is 8.43. The van der Waals surface area contributed by atoms with E-state index in [1.807, 2.05) is 66.2 Å². The number of halogens is 1. The van der Waals surface area contributed by atoms with Crippen LogP contribution in [0.5, 0.6) is 0 Å². The Balaban J connectivity index is 1.46. The number of amides is 1. The van der Waals surface area contributed by atoms with Gasteiger partial charge in [0.05, 0.1) is 12.3 Å². The van der Waals surface area contributed by atoms with Crippen LogP contribution in [0.15, 0.2) is 59.8 Å². The van der Waals surface area contributed by atoms with E-state index in [1.54, 1.807) is 0 Å². The average Bonchev–Trinajstić information content (AvgIpc) is 3.05. The molecule has 1 heterocycles. The lowest BCUT2D eigenvalue weighted by Crippen LogP contribution is -2.24. The van der Waals surface area contributed by atoms with Crippen molar-refractivity contribution >= 4 is 35.0 Å². The standard InChI is InChI=1S/C19H20ClN5OS/c1-25-17(12-21-16-9-7-15(20)8-10-16)23-24-19(25)27-13-18(26)22-11-14-5-3-2-4-6-14/h2-10,21H,11-13H2,1H3,(H,22,26). The molecule has 0 saturated heterocycles. The Morgan fingerprint density at radius 1 is 1.07 bits per heavy atom. The van der Waals surface area contributed by atoms with Crippen molar-refractivity contribution in [1.29, 1.82) is 0 Å². The predicted octanol–water partition coefficient (Wildman–Crippen LogP) is 3.49. The fourth-order valence-corrected chi connectivity index (χ4v) is 3.24. The highest BCUT2D eigenvalue weighted by molar-refractivity contribution is 7.99. The highest BCUT2D eigenvalue weighted by Crippen LogP contribution is 2.17. The van der Waals surface area contributed by atoms with Crippen molar-refractivity contribution in [3.8, 4) is 0 Å². The molecule has 0 saturated carbocycles. The minimum absolute atomic E-state index is 0.0345. The van der Waals surface area contributed by atoms with Crippen LogP contribution < -0.4 is 10.6 Å². The number of aromatic nitrogens is 3. The number of nitrogens with zero attached hydrogens (tertiary/aromatic N) is 3. The lowest BCUT2D eigenvalue weighted by Gasteiger charge is -2.07. The fourth-order valence-electron chi connectivity index (χ4n) is 2.35. The van der Waals surface area contributed by atoms with Crippen LogP contribution >= 0.6 is 23.4 Å². The van der Waals surface area contributed by atoms with Crippen molar-refractivity contribution in [2.75, 3.05) is 11.1 Å². The molecule has 0 aliphatic carbocycles. The average molecular weight is 402 g/mol. The normalized spacial score (nSPS) is 10.6. The Kier molecular flexibility index (Phi) is 6.73. The highest BCUT2D eigenvalue weighted by atomic mass is 35.5. The van der Waals surface area contributed by atoms with Gasteiger partial charge in [-0.2, -0.15) is 0 Å². The number of benzene rings is 2. The van der Waals surface area contributed by atoms with Gasteiger partial charge >= 0.3 is 0 Å². The van der Waals surface area contributed by atoms with Gasteiger partial charge in [-0.05, 0) is 29.8 Å². The van der Waals surface area contributed by atoms with Crippen molar-refractivity contribution < 1.29 is 4.79 Å². The van der Waals surface area contributed by atoms with Gasteiger partial charge in [-0.25, -0.2) is 0 Å². The zero-order chi connectivity index (χ0) is 19.1. The molecule has 6 nitrogen and oxygen atoms in total. The second-order valence-corrected chi connectivity index (χ2v) is 7.25. The maximum atomic E-state index is 12.0. The predicted molar refractivity (Wildman–Crippen MR) is 109 cm³/mol. The number of carbonyl (C=O) groups is 1. The van der Waals surface area contributed by atoms with Gasteiger partial charge in [0.15, 0.2) is 11.0 Å². The van der Waals surface area contributed by atoms with Gasteiger partial charge in [0.25, 0.3) is 0 Å². The Morgan fingerprint density at radius 2 is 1.81 bits per heavy atom. The summed E-state index contributed by atoms with van der Waals surface area (Å²) in [6.45, 7) is 1.06. The van der Waals surface area contributed by atoms with E-state index < -0.39 is 0 Å². The van der Waals surface area contributed by atoms with E-state index in [2.05, 4.69) is 20.8 Å². The van der Waals surface area contributed by atoms with Gasteiger partial charge in [0.2, 0.25) is 5.91 Å². The molecule has 2 N–H and O–H groups in total. The van der Waals surface area contributed by atoms with E-state index >= 15 is 0 Å². The Bertz CT molecular complexity index is 883. The fraction of sp³-hybridized carbons (Fsp3) is 0.211. The van der Waals surface area contributed by atoms with Crippen molar-refractivity contribution in [3.63, 3.8) is 0 Å². The van der Waals surface area contributed by atoms with Gasteiger partial charge < -0.3 is 15.2 Å². The maximum Gasteiger partial charge on any atom is 0.230 e. The second-order valence-electron chi connectivity index (χ2n) is 5.87. The molecule has 0 unspecified atom stereocenters. The molecule has 0 fully saturated rings. The molecular weight excluding hydrogens is 382 g/mol. The topological polar surface area (TPSA) is 71.8 Å². The largest absolute Gasteiger partial charge is 0.378 e. The first-order valence-corrected chi connectivity index (χ1v) is 9.79. The summed E-state index contributed by atoms with van der Waals surface area (Å²) in [5, 5.41) is 15.9. The number of carbonyl (C=O) groups excluding carboxylic acids is 1. The molecule has 3 rings (SSSR count). The van der Waals surface area contributed by atoms with Crippen molar-refractivity contribution in [2.45, 2.75) is 18.2 Å². The first-order chi connectivity index (χ1) is 13.1.